The molecule has 0 spiro atoms. The smallest absolute Gasteiger partial charge is 0.256 e. The Morgan fingerprint density at radius 3 is 3.07 bits per heavy atom. The van der Waals surface area contributed by atoms with Gasteiger partial charge in [-0.2, -0.15) is 16.7 Å². The molecule has 0 saturated heterocycles. The summed E-state index contributed by atoms with van der Waals surface area (Å²) in [6.45, 7) is 2.22. The van der Waals surface area contributed by atoms with Crippen molar-refractivity contribution in [3.05, 3.63) is 11.7 Å². The minimum Gasteiger partial charge on any atom is -0.382 e. The molecule has 0 aliphatic heterocycles. The van der Waals surface area contributed by atoms with Crippen molar-refractivity contribution < 1.29 is 9.63 Å². The normalized spacial score (nSPS) is 13.1. The van der Waals surface area contributed by atoms with E-state index in [1.54, 1.807) is 11.8 Å². The van der Waals surface area contributed by atoms with E-state index in [-0.39, 0.29) is 12.4 Å². The predicted octanol–water partition coefficient (Wildman–Crippen LogP) is 0.705. The van der Waals surface area contributed by atoms with Gasteiger partial charge in [0.25, 0.3) is 5.89 Å². The summed E-state index contributed by atoms with van der Waals surface area (Å²) in [6, 6.07) is 0. The highest BCUT2D eigenvalue weighted by Crippen LogP contribution is 2.13. The molecule has 0 saturated carbocycles. The summed E-state index contributed by atoms with van der Waals surface area (Å²) < 4.78 is 4.84. The van der Waals surface area contributed by atoms with Gasteiger partial charge in [-0.3, -0.25) is 0 Å². The molecule has 0 bridgehead atoms. The van der Waals surface area contributed by atoms with Crippen molar-refractivity contribution in [1.82, 2.24) is 10.1 Å². The maximum Gasteiger partial charge on any atom is 0.256 e. The number of rotatable bonds is 6. The zero-order valence-corrected chi connectivity index (χ0v) is 8.96. The Labute approximate surface area is 87.1 Å². The van der Waals surface area contributed by atoms with Gasteiger partial charge in [0.05, 0.1) is 5.75 Å². The van der Waals surface area contributed by atoms with E-state index in [1.165, 1.54) is 0 Å². The predicted molar refractivity (Wildman–Crippen MR) is 54.8 cm³/mol. The molecule has 5 nitrogen and oxygen atoms in total. The van der Waals surface area contributed by atoms with E-state index in [4.69, 9.17) is 10.3 Å². The Morgan fingerprint density at radius 2 is 2.43 bits per heavy atom. The van der Waals surface area contributed by atoms with Crippen molar-refractivity contribution in [3.8, 4) is 0 Å². The minimum absolute atomic E-state index is 0.101. The molecule has 1 unspecified atom stereocenters. The van der Waals surface area contributed by atoms with E-state index in [9.17, 15) is 5.11 Å². The van der Waals surface area contributed by atoms with E-state index in [0.717, 1.165) is 12.2 Å². The van der Waals surface area contributed by atoms with Crippen molar-refractivity contribution >= 4 is 11.8 Å². The quantitative estimate of drug-likeness (QED) is 0.682. The van der Waals surface area contributed by atoms with Gasteiger partial charge in [-0.15, -0.1) is 0 Å². The van der Waals surface area contributed by atoms with Crippen LogP contribution in [0.15, 0.2) is 4.52 Å². The van der Waals surface area contributed by atoms with E-state index in [1.807, 2.05) is 0 Å². The first-order valence-corrected chi connectivity index (χ1v) is 5.71. The second-order valence-electron chi connectivity index (χ2n) is 2.85. The topological polar surface area (TPSA) is 85.2 Å². The highest BCUT2D eigenvalue weighted by Gasteiger charge is 2.13. The van der Waals surface area contributed by atoms with Crippen LogP contribution in [0.2, 0.25) is 0 Å². The van der Waals surface area contributed by atoms with Crippen LogP contribution in [0.4, 0.5) is 0 Å². The largest absolute Gasteiger partial charge is 0.382 e. The zero-order valence-electron chi connectivity index (χ0n) is 8.14. The SMILES string of the molecule is CCCSCc1noc(C(O)CN)n1. The summed E-state index contributed by atoms with van der Waals surface area (Å²) in [5.41, 5.74) is 5.25. The average molecular weight is 217 g/mol. The molecule has 0 fully saturated rings. The van der Waals surface area contributed by atoms with Crippen LogP contribution in [0.5, 0.6) is 0 Å². The molecule has 1 heterocycles. The second kappa shape index (κ2) is 6.00. The Morgan fingerprint density at radius 1 is 1.64 bits per heavy atom. The molecule has 6 heteroatoms. The molecular weight excluding hydrogens is 202 g/mol. The van der Waals surface area contributed by atoms with Gasteiger partial charge in [0, 0.05) is 6.54 Å². The summed E-state index contributed by atoms with van der Waals surface area (Å²) in [6.07, 6.45) is 0.285. The van der Waals surface area contributed by atoms with Gasteiger partial charge in [0.1, 0.15) is 6.10 Å². The summed E-state index contributed by atoms with van der Waals surface area (Å²) in [7, 11) is 0. The van der Waals surface area contributed by atoms with Gasteiger partial charge >= 0.3 is 0 Å². The molecule has 0 aromatic carbocycles. The first-order chi connectivity index (χ1) is 6.77. The average Bonchev–Trinajstić information content (AvgIpc) is 2.66. The van der Waals surface area contributed by atoms with Crippen LogP contribution < -0.4 is 5.73 Å². The van der Waals surface area contributed by atoms with Crippen molar-refractivity contribution in [2.45, 2.75) is 25.2 Å². The molecule has 0 amide bonds. The van der Waals surface area contributed by atoms with Gasteiger partial charge < -0.3 is 15.4 Å². The zero-order chi connectivity index (χ0) is 10.4. The van der Waals surface area contributed by atoms with E-state index >= 15 is 0 Å². The van der Waals surface area contributed by atoms with Crippen LogP contribution in [-0.2, 0) is 5.75 Å². The fourth-order valence-electron chi connectivity index (χ4n) is 0.870. The molecular formula is C8H15N3O2S. The first kappa shape index (κ1) is 11.5. The Kier molecular flexibility index (Phi) is 4.92. The summed E-state index contributed by atoms with van der Waals surface area (Å²) in [4.78, 5) is 4.02. The van der Waals surface area contributed by atoms with Crippen molar-refractivity contribution in [3.63, 3.8) is 0 Å². The maximum absolute atomic E-state index is 9.29. The van der Waals surface area contributed by atoms with Crippen molar-refractivity contribution in [2.75, 3.05) is 12.3 Å². The number of nitrogens with zero attached hydrogens (tertiary/aromatic N) is 2. The van der Waals surface area contributed by atoms with Crippen molar-refractivity contribution in [1.29, 1.82) is 0 Å². The van der Waals surface area contributed by atoms with E-state index in [0.29, 0.717) is 11.6 Å². The van der Waals surface area contributed by atoms with Crippen LogP contribution >= 0.6 is 11.8 Å². The standard InChI is InChI=1S/C8H15N3O2S/c1-2-3-14-5-7-10-8(13-11-7)6(12)4-9/h6,12H,2-5,9H2,1H3. The lowest BCUT2D eigenvalue weighted by Gasteiger charge is -1.98. The maximum atomic E-state index is 9.29. The molecule has 14 heavy (non-hydrogen) atoms. The molecule has 1 rings (SSSR count). The van der Waals surface area contributed by atoms with Crippen LogP contribution in [-0.4, -0.2) is 27.5 Å². The third kappa shape index (κ3) is 3.28. The lowest BCUT2D eigenvalue weighted by atomic mass is 10.4. The lowest BCUT2D eigenvalue weighted by molar-refractivity contribution is 0.141. The molecule has 1 aromatic heterocycles. The van der Waals surface area contributed by atoms with Crippen molar-refractivity contribution in [2.24, 2.45) is 5.73 Å². The fraction of sp³-hybridized carbons (Fsp3) is 0.750. The molecule has 0 radical (unpaired) electrons. The van der Waals surface area contributed by atoms with Gasteiger partial charge in [0.15, 0.2) is 5.82 Å². The van der Waals surface area contributed by atoms with Crippen LogP contribution in [0, 0.1) is 0 Å². The second-order valence-corrected chi connectivity index (χ2v) is 3.96. The number of hydrogen-bond donors (Lipinski definition) is 2. The van der Waals surface area contributed by atoms with Gasteiger partial charge in [-0.1, -0.05) is 12.1 Å². The molecule has 1 atom stereocenters. The monoisotopic (exact) mass is 217 g/mol. The van der Waals surface area contributed by atoms with Gasteiger partial charge in [-0.25, -0.2) is 0 Å². The number of nitrogens with two attached hydrogens (primary N) is 1. The van der Waals surface area contributed by atoms with Crippen LogP contribution in [0.3, 0.4) is 0 Å². The molecule has 0 aliphatic rings. The van der Waals surface area contributed by atoms with Gasteiger partial charge in [-0.05, 0) is 12.2 Å². The highest BCUT2D eigenvalue weighted by atomic mass is 32.2. The Bertz CT molecular complexity index is 267. The summed E-state index contributed by atoms with van der Waals surface area (Å²) in [5.74, 6) is 2.61. The van der Waals surface area contributed by atoms with Crippen LogP contribution in [0.25, 0.3) is 0 Å². The van der Waals surface area contributed by atoms with E-state index in [2.05, 4.69) is 17.1 Å². The number of aliphatic hydroxyl groups excluding tert-OH is 1. The molecule has 80 valence electrons. The summed E-state index contributed by atoms with van der Waals surface area (Å²) in [5, 5.41) is 13.0. The van der Waals surface area contributed by atoms with Gasteiger partial charge in [0.2, 0.25) is 0 Å². The fourth-order valence-corrected chi connectivity index (χ4v) is 1.60. The first-order valence-electron chi connectivity index (χ1n) is 4.56. The number of hydrogen-bond acceptors (Lipinski definition) is 6. The Balaban J connectivity index is 2.42. The summed E-state index contributed by atoms with van der Waals surface area (Å²) >= 11 is 1.74. The lowest BCUT2D eigenvalue weighted by Crippen LogP contribution is -2.11. The van der Waals surface area contributed by atoms with E-state index < -0.39 is 6.10 Å². The minimum atomic E-state index is -0.840. The third-order valence-electron chi connectivity index (χ3n) is 1.57. The number of aliphatic hydroxyl groups is 1. The third-order valence-corrected chi connectivity index (χ3v) is 2.73. The van der Waals surface area contributed by atoms with Crippen LogP contribution in [0.1, 0.15) is 31.2 Å². The number of aromatic nitrogens is 2. The Hall–Kier alpha value is -0.590. The molecule has 3 N–H and O–H groups in total. The molecule has 0 aliphatic carbocycles. The number of thioether (sulfide) groups is 1. The molecule has 1 aromatic rings. The highest BCUT2D eigenvalue weighted by molar-refractivity contribution is 7.98.